The summed E-state index contributed by atoms with van der Waals surface area (Å²) in [4.78, 5) is 4.37. The smallest absolute Gasteiger partial charge is 0.125 e. The second kappa shape index (κ2) is 6.34. The Kier molecular flexibility index (Phi) is 4.78. The van der Waals surface area contributed by atoms with Crippen LogP contribution in [0.2, 0.25) is 0 Å². The predicted molar refractivity (Wildman–Crippen MR) is 72.2 cm³/mol. The minimum atomic E-state index is 0.270. The van der Waals surface area contributed by atoms with Crippen molar-refractivity contribution in [1.29, 1.82) is 0 Å². The first-order chi connectivity index (χ1) is 8.72. The lowest BCUT2D eigenvalue weighted by molar-refractivity contribution is 0.131. The average molecular weight is 251 g/mol. The normalized spacial score (nSPS) is 26.2. The van der Waals surface area contributed by atoms with Crippen molar-refractivity contribution >= 4 is 0 Å². The fraction of sp³-hybridized carbons (Fsp3) is 0.786. The molecule has 1 saturated carbocycles. The van der Waals surface area contributed by atoms with Gasteiger partial charge in [-0.05, 0) is 38.1 Å². The third-order valence-electron chi connectivity index (χ3n) is 4.23. The number of aliphatic hydroxyl groups is 1. The van der Waals surface area contributed by atoms with Crippen molar-refractivity contribution in [3.05, 3.63) is 18.2 Å². The number of nitrogens with zero attached hydrogens (tertiary/aromatic N) is 2. The molecular weight excluding hydrogens is 226 g/mol. The zero-order valence-corrected chi connectivity index (χ0v) is 11.5. The lowest BCUT2D eigenvalue weighted by atomic mass is 9.79. The first-order valence-electron chi connectivity index (χ1n) is 7.03. The second-order valence-electron chi connectivity index (χ2n) is 5.51. The van der Waals surface area contributed by atoms with E-state index < -0.39 is 0 Å². The van der Waals surface area contributed by atoms with Crippen molar-refractivity contribution in [3.8, 4) is 0 Å². The van der Waals surface area contributed by atoms with E-state index in [2.05, 4.69) is 21.8 Å². The van der Waals surface area contributed by atoms with Crippen molar-refractivity contribution in [2.45, 2.75) is 38.6 Å². The van der Waals surface area contributed by atoms with E-state index in [-0.39, 0.29) is 6.04 Å². The molecule has 1 aliphatic carbocycles. The maximum absolute atomic E-state index is 9.41. The van der Waals surface area contributed by atoms with Crippen LogP contribution in [0.3, 0.4) is 0 Å². The minimum Gasteiger partial charge on any atom is -0.396 e. The average Bonchev–Trinajstić information content (AvgIpc) is 2.82. The summed E-state index contributed by atoms with van der Waals surface area (Å²) in [6, 6.07) is 0.270. The van der Waals surface area contributed by atoms with E-state index >= 15 is 0 Å². The van der Waals surface area contributed by atoms with Gasteiger partial charge in [-0.1, -0.05) is 12.8 Å². The van der Waals surface area contributed by atoms with Crippen LogP contribution in [0.1, 0.15) is 44.5 Å². The van der Waals surface area contributed by atoms with Gasteiger partial charge in [-0.3, -0.25) is 0 Å². The van der Waals surface area contributed by atoms with Crippen molar-refractivity contribution in [3.63, 3.8) is 0 Å². The molecule has 0 aliphatic heterocycles. The predicted octanol–water partition coefficient (Wildman–Crippen LogP) is 1.87. The fourth-order valence-corrected chi connectivity index (χ4v) is 3.01. The molecule has 1 aliphatic rings. The molecule has 0 bridgehead atoms. The largest absolute Gasteiger partial charge is 0.396 e. The van der Waals surface area contributed by atoms with E-state index in [9.17, 15) is 5.11 Å². The van der Waals surface area contributed by atoms with Crippen LogP contribution in [0.25, 0.3) is 0 Å². The summed E-state index contributed by atoms with van der Waals surface area (Å²) in [7, 11) is 2.03. The Hall–Kier alpha value is -0.870. The maximum atomic E-state index is 9.41. The quantitative estimate of drug-likeness (QED) is 0.840. The molecule has 102 valence electrons. The van der Waals surface area contributed by atoms with Gasteiger partial charge in [0.15, 0.2) is 0 Å². The zero-order chi connectivity index (χ0) is 13.0. The molecule has 4 nitrogen and oxygen atoms in total. The molecule has 2 N–H and O–H groups in total. The number of nitrogens with one attached hydrogen (secondary N) is 1. The van der Waals surface area contributed by atoms with Gasteiger partial charge in [-0.25, -0.2) is 4.98 Å². The Balaban J connectivity index is 1.85. The molecule has 0 amide bonds. The van der Waals surface area contributed by atoms with Crippen LogP contribution in [0.15, 0.2) is 12.4 Å². The molecule has 3 unspecified atom stereocenters. The highest BCUT2D eigenvalue weighted by Crippen LogP contribution is 2.29. The van der Waals surface area contributed by atoms with Gasteiger partial charge in [0, 0.05) is 26.0 Å². The third kappa shape index (κ3) is 3.12. The Morgan fingerprint density at radius 2 is 2.17 bits per heavy atom. The molecule has 2 rings (SSSR count). The summed E-state index contributed by atoms with van der Waals surface area (Å²) in [5.74, 6) is 2.18. The standard InChI is InChI=1S/C14H25N3O/c1-11(14-15-7-8-17(14)2)16-9-12-5-3-4-6-13(12)10-18/h7-8,11-13,16,18H,3-6,9-10H2,1-2H3. The van der Waals surface area contributed by atoms with Gasteiger partial charge in [-0.15, -0.1) is 0 Å². The van der Waals surface area contributed by atoms with Crippen LogP contribution in [-0.4, -0.2) is 27.8 Å². The van der Waals surface area contributed by atoms with Crippen molar-refractivity contribution in [2.24, 2.45) is 18.9 Å². The summed E-state index contributed by atoms with van der Waals surface area (Å²) >= 11 is 0. The summed E-state index contributed by atoms with van der Waals surface area (Å²) < 4.78 is 2.06. The zero-order valence-electron chi connectivity index (χ0n) is 11.5. The highest BCUT2D eigenvalue weighted by molar-refractivity contribution is 4.97. The van der Waals surface area contributed by atoms with Gasteiger partial charge >= 0.3 is 0 Å². The van der Waals surface area contributed by atoms with E-state index in [1.807, 2.05) is 19.4 Å². The summed E-state index contributed by atoms with van der Waals surface area (Å²) in [6.07, 6.45) is 8.82. The number of aromatic nitrogens is 2. The van der Waals surface area contributed by atoms with E-state index in [0.29, 0.717) is 18.4 Å². The summed E-state index contributed by atoms with van der Waals surface area (Å²) in [6.45, 7) is 3.47. The number of hydrogen-bond acceptors (Lipinski definition) is 3. The number of aryl methyl sites for hydroxylation is 1. The maximum Gasteiger partial charge on any atom is 0.125 e. The van der Waals surface area contributed by atoms with Crippen molar-refractivity contribution in [1.82, 2.24) is 14.9 Å². The number of imidazole rings is 1. The number of hydrogen-bond donors (Lipinski definition) is 2. The van der Waals surface area contributed by atoms with Gasteiger partial charge < -0.3 is 15.0 Å². The molecule has 3 atom stereocenters. The Bertz CT molecular complexity index is 364. The van der Waals surface area contributed by atoms with Gasteiger partial charge in [0.1, 0.15) is 5.82 Å². The number of aliphatic hydroxyl groups excluding tert-OH is 1. The van der Waals surface area contributed by atoms with Crippen LogP contribution < -0.4 is 5.32 Å². The highest BCUT2D eigenvalue weighted by Gasteiger charge is 2.24. The molecule has 0 spiro atoms. The molecule has 0 aromatic carbocycles. The molecule has 18 heavy (non-hydrogen) atoms. The van der Waals surface area contributed by atoms with E-state index in [1.54, 1.807) is 0 Å². The van der Waals surface area contributed by atoms with Crippen LogP contribution in [-0.2, 0) is 7.05 Å². The van der Waals surface area contributed by atoms with Crippen LogP contribution in [0.5, 0.6) is 0 Å². The van der Waals surface area contributed by atoms with Crippen LogP contribution in [0.4, 0.5) is 0 Å². The summed E-state index contributed by atoms with van der Waals surface area (Å²) in [5.41, 5.74) is 0. The van der Waals surface area contributed by atoms with Crippen molar-refractivity contribution in [2.75, 3.05) is 13.2 Å². The lowest BCUT2D eigenvalue weighted by Crippen LogP contribution is -2.34. The lowest BCUT2D eigenvalue weighted by Gasteiger charge is -2.31. The van der Waals surface area contributed by atoms with Gasteiger partial charge in [-0.2, -0.15) is 0 Å². The Morgan fingerprint density at radius 3 is 2.78 bits per heavy atom. The Labute approximate surface area is 109 Å². The Morgan fingerprint density at radius 1 is 1.44 bits per heavy atom. The molecule has 1 heterocycles. The molecule has 0 saturated heterocycles. The topological polar surface area (TPSA) is 50.1 Å². The van der Waals surface area contributed by atoms with E-state index in [1.165, 1.54) is 25.7 Å². The number of rotatable bonds is 5. The molecule has 4 heteroatoms. The SMILES string of the molecule is CC(NCC1CCCCC1CO)c1nccn1C. The van der Waals surface area contributed by atoms with Gasteiger partial charge in [0.05, 0.1) is 6.04 Å². The van der Waals surface area contributed by atoms with Crippen molar-refractivity contribution < 1.29 is 5.11 Å². The van der Waals surface area contributed by atoms with Gasteiger partial charge in [0.25, 0.3) is 0 Å². The monoisotopic (exact) mass is 251 g/mol. The molecule has 1 aromatic rings. The van der Waals surface area contributed by atoms with E-state index in [4.69, 9.17) is 0 Å². The molecular formula is C14H25N3O. The molecule has 0 radical (unpaired) electrons. The fourth-order valence-electron chi connectivity index (χ4n) is 3.01. The first kappa shape index (κ1) is 13.6. The minimum absolute atomic E-state index is 0.270. The molecule has 1 aromatic heterocycles. The van der Waals surface area contributed by atoms with Gasteiger partial charge in [0.2, 0.25) is 0 Å². The highest BCUT2D eigenvalue weighted by atomic mass is 16.3. The first-order valence-corrected chi connectivity index (χ1v) is 7.03. The van der Waals surface area contributed by atoms with Crippen LogP contribution >= 0.6 is 0 Å². The molecule has 1 fully saturated rings. The van der Waals surface area contributed by atoms with E-state index in [0.717, 1.165) is 12.4 Å². The second-order valence-corrected chi connectivity index (χ2v) is 5.51. The summed E-state index contributed by atoms with van der Waals surface area (Å²) in [5, 5.41) is 13.0. The van der Waals surface area contributed by atoms with Crippen LogP contribution in [0, 0.1) is 11.8 Å². The third-order valence-corrected chi connectivity index (χ3v) is 4.23.